The van der Waals surface area contributed by atoms with Gasteiger partial charge >= 0.3 is 6.09 Å². The van der Waals surface area contributed by atoms with E-state index in [0.29, 0.717) is 6.54 Å². The van der Waals surface area contributed by atoms with Crippen LogP contribution in [-0.4, -0.2) is 46.6 Å². The van der Waals surface area contributed by atoms with Crippen LogP contribution in [0, 0.1) is 5.92 Å². The van der Waals surface area contributed by atoms with Crippen molar-refractivity contribution in [2.75, 3.05) is 13.7 Å². The van der Waals surface area contributed by atoms with Crippen LogP contribution in [0.4, 0.5) is 4.79 Å². The number of imidazole rings is 1. The molecule has 0 radical (unpaired) electrons. The number of hydrogen-bond acceptors (Lipinski definition) is 6. The van der Waals surface area contributed by atoms with Crippen molar-refractivity contribution < 1.29 is 14.3 Å². The summed E-state index contributed by atoms with van der Waals surface area (Å²) in [6.45, 7) is 4.47. The SMILES string of the molecule is COC(=O)N[C@H](C(=O)N1CCCC1c1ncc(-c2csc3c(-c4ccccc4)csc23)[nH]1)C(C)C. The van der Waals surface area contributed by atoms with Gasteiger partial charge in [-0.25, -0.2) is 9.78 Å². The van der Waals surface area contributed by atoms with E-state index in [2.05, 4.69) is 50.3 Å². The molecule has 1 aliphatic rings. The number of methoxy groups -OCH3 is 1. The van der Waals surface area contributed by atoms with Gasteiger partial charge in [0.1, 0.15) is 11.9 Å². The molecule has 0 saturated carbocycles. The monoisotopic (exact) mass is 508 g/mol. The van der Waals surface area contributed by atoms with Gasteiger partial charge in [0.25, 0.3) is 0 Å². The van der Waals surface area contributed by atoms with Crippen LogP contribution in [0.3, 0.4) is 0 Å². The van der Waals surface area contributed by atoms with Crippen molar-refractivity contribution in [3.8, 4) is 22.4 Å². The Bertz CT molecular complexity index is 1340. The third-order valence-electron chi connectivity index (χ3n) is 6.50. The molecule has 4 heterocycles. The maximum Gasteiger partial charge on any atom is 0.407 e. The lowest BCUT2D eigenvalue weighted by atomic mass is 10.0. The lowest BCUT2D eigenvalue weighted by Gasteiger charge is -2.30. The number of benzene rings is 1. The van der Waals surface area contributed by atoms with Gasteiger partial charge in [-0.1, -0.05) is 44.2 Å². The lowest BCUT2D eigenvalue weighted by molar-refractivity contribution is -0.135. The van der Waals surface area contributed by atoms with Crippen molar-refractivity contribution >= 4 is 44.1 Å². The first-order valence-corrected chi connectivity index (χ1v) is 13.5. The molecule has 35 heavy (non-hydrogen) atoms. The molecule has 3 aromatic heterocycles. The number of nitrogens with one attached hydrogen (secondary N) is 2. The van der Waals surface area contributed by atoms with E-state index in [1.165, 1.54) is 27.6 Å². The number of aromatic amines is 1. The highest BCUT2D eigenvalue weighted by molar-refractivity contribution is 7.27. The number of aromatic nitrogens is 2. The predicted octanol–water partition coefficient (Wildman–Crippen LogP) is 6.06. The number of nitrogens with zero attached hydrogens (tertiary/aromatic N) is 2. The van der Waals surface area contributed by atoms with Gasteiger partial charge < -0.3 is 19.9 Å². The van der Waals surface area contributed by atoms with Crippen molar-refractivity contribution in [2.24, 2.45) is 5.92 Å². The summed E-state index contributed by atoms with van der Waals surface area (Å²) < 4.78 is 7.25. The van der Waals surface area contributed by atoms with Crippen molar-refractivity contribution in [1.82, 2.24) is 20.2 Å². The molecule has 0 spiro atoms. The molecular weight excluding hydrogens is 480 g/mol. The van der Waals surface area contributed by atoms with Gasteiger partial charge in [0, 0.05) is 28.4 Å². The Morgan fingerprint density at radius 2 is 1.86 bits per heavy atom. The van der Waals surface area contributed by atoms with Crippen molar-refractivity contribution in [3.63, 3.8) is 0 Å². The van der Waals surface area contributed by atoms with Gasteiger partial charge in [-0.3, -0.25) is 4.79 Å². The minimum Gasteiger partial charge on any atom is -0.453 e. The number of H-pyrrole nitrogens is 1. The highest BCUT2D eigenvalue weighted by Crippen LogP contribution is 2.44. The molecule has 7 nitrogen and oxygen atoms in total. The number of hydrogen-bond donors (Lipinski definition) is 2. The summed E-state index contributed by atoms with van der Waals surface area (Å²) in [5.41, 5.74) is 4.57. The van der Waals surface area contributed by atoms with E-state index >= 15 is 0 Å². The molecule has 2 amide bonds. The maximum absolute atomic E-state index is 13.4. The van der Waals surface area contributed by atoms with Gasteiger partial charge in [-0.15, -0.1) is 22.7 Å². The first-order chi connectivity index (χ1) is 17.0. The van der Waals surface area contributed by atoms with Crippen LogP contribution in [0.25, 0.3) is 31.8 Å². The lowest BCUT2D eigenvalue weighted by Crippen LogP contribution is -2.51. The Labute approximate surface area is 212 Å². The Hall–Kier alpha value is -3.17. The van der Waals surface area contributed by atoms with E-state index in [1.807, 2.05) is 31.0 Å². The first kappa shape index (κ1) is 23.6. The molecule has 0 bridgehead atoms. The van der Waals surface area contributed by atoms with Gasteiger partial charge in [-0.2, -0.15) is 0 Å². The number of fused-ring (bicyclic) bond motifs is 1. The Morgan fingerprint density at radius 3 is 2.57 bits per heavy atom. The zero-order chi connectivity index (χ0) is 24.5. The molecule has 2 atom stereocenters. The normalized spacial score (nSPS) is 16.7. The smallest absolute Gasteiger partial charge is 0.407 e. The van der Waals surface area contributed by atoms with E-state index in [-0.39, 0.29) is 17.9 Å². The molecule has 1 unspecified atom stereocenters. The fourth-order valence-electron chi connectivity index (χ4n) is 4.66. The van der Waals surface area contributed by atoms with E-state index in [4.69, 9.17) is 4.74 Å². The number of likely N-dealkylation sites (tertiary alicyclic amines) is 1. The summed E-state index contributed by atoms with van der Waals surface area (Å²) >= 11 is 3.49. The maximum atomic E-state index is 13.4. The number of ether oxygens (including phenoxy) is 1. The average molecular weight is 509 g/mol. The van der Waals surface area contributed by atoms with Crippen LogP contribution in [-0.2, 0) is 9.53 Å². The van der Waals surface area contributed by atoms with Gasteiger partial charge in [0.15, 0.2) is 0 Å². The number of carbonyl (C=O) groups is 2. The minimum absolute atomic E-state index is 0.0632. The fraction of sp³-hybridized carbons (Fsp3) is 0.346. The highest BCUT2D eigenvalue weighted by atomic mass is 32.1. The Balaban J connectivity index is 1.40. The molecule has 182 valence electrons. The van der Waals surface area contributed by atoms with Crippen molar-refractivity contribution in [2.45, 2.75) is 38.8 Å². The zero-order valence-electron chi connectivity index (χ0n) is 19.9. The van der Waals surface area contributed by atoms with E-state index < -0.39 is 12.1 Å². The molecule has 1 fully saturated rings. The van der Waals surface area contributed by atoms with E-state index in [1.54, 1.807) is 22.7 Å². The van der Waals surface area contributed by atoms with Crippen molar-refractivity contribution in [1.29, 1.82) is 0 Å². The number of amides is 2. The van der Waals surface area contributed by atoms with Crippen LogP contribution in [0.15, 0.2) is 47.3 Å². The molecule has 5 rings (SSSR count). The summed E-state index contributed by atoms with van der Waals surface area (Å²) in [4.78, 5) is 35.2. The van der Waals surface area contributed by atoms with Crippen LogP contribution in [0.1, 0.15) is 38.6 Å². The van der Waals surface area contributed by atoms with Gasteiger partial charge in [0.05, 0.1) is 34.4 Å². The number of rotatable bonds is 6. The summed E-state index contributed by atoms with van der Waals surface area (Å²) in [5, 5.41) is 7.09. The molecule has 4 aromatic rings. The summed E-state index contributed by atoms with van der Waals surface area (Å²) in [7, 11) is 1.30. The van der Waals surface area contributed by atoms with Gasteiger partial charge in [-0.05, 0) is 24.3 Å². The standard InChI is InChI=1S/C26H28N4O3S2/c1-15(2)21(29-26(32)33-3)25(31)30-11-7-10-20(30)24-27-12-19(28-24)18-14-35-22-17(13-34-23(18)22)16-8-5-4-6-9-16/h4-6,8-9,12-15,20-21H,7,10-11H2,1-3H3,(H,27,28)(H,29,32)/t20?,21-/m0/s1. The molecule has 9 heteroatoms. The number of alkyl carbamates (subject to hydrolysis) is 1. The second-order valence-corrected chi connectivity index (χ2v) is 10.8. The Morgan fingerprint density at radius 1 is 1.14 bits per heavy atom. The number of carbonyl (C=O) groups excluding carboxylic acids is 2. The molecule has 1 saturated heterocycles. The third kappa shape index (κ3) is 4.46. The van der Waals surface area contributed by atoms with Crippen LogP contribution in [0.5, 0.6) is 0 Å². The van der Waals surface area contributed by atoms with Crippen LogP contribution in [0.2, 0.25) is 0 Å². The van der Waals surface area contributed by atoms with E-state index in [0.717, 1.165) is 29.9 Å². The van der Waals surface area contributed by atoms with E-state index in [9.17, 15) is 9.59 Å². The zero-order valence-corrected chi connectivity index (χ0v) is 21.5. The minimum atomic E-state index is -0.642. The summed E-state index contributed by atoms with van der Waals surface area (Å²) in [6, 6.07) is 9.65. The molecule has 1 aliphatic heterocycles. The molecule has 2 N–H and O–H groups in total. The second kappa shape index (κ2) is 9.83. The van der Waals surface area contributed by atoms with Crippen molar-refractivity contribution in [3.05, 3.63) is 53.1 Å². The topological polar surface area (TPSA) is 87.3 Å². The molecule has 0 aliphatic carbocycles. The average Bonchev–Trinajstić information content (AvgIpc) is 3.65. The highest BCUT2D eigenvalue weighted by Gasteiger charge is 2.37. The van der Waals surface area contributed by atoms with Crippen LogP contribution >= 0.6 is 22.7 Å². The predicted molar refractivity (Wildman–Crippen MR) is 141 cm³/mol. The third-order valence-corrected chi connectivity index (χ3v) is 8.65. The summed E-state index contributed by atoms with van der Waals surface area (Å²) in [6.07, 6.45) is 2.99. The quantitative estimate of drug-likeness (QED) is 0.331. The summed E-state index contributed by atoms with van der Waals surface area (Å²) in [5.74, 6) is 0.617. The fourth-order valence-corrected chi connectivity index (χ4v) is 7.10. The second-order valence-electron chi connectivity index (χ2n) is 9.05. The largest absolute Gasteiger partial charge is 0.453 e. The molecule has 1 aromatic carbocycles. The Kier molecular flexibility index (Phi) is 6.62. The van der Waals surface area contributed by atoms with Crippen LogP contribution < -0.4 is 5.32 Å². The first-order valence-electron chi connectivity index (χ1n) is 11.7. The van der Waals surface area contributed by atoms with Gasteiger partial charge in [0.2, 0.25) is 5.91 Å². The number of thiophene rings is 2. The molecular formula is C26H28N4O3S2.